The third-order valence-electron chi connectivity index (χ3n) is 5.38. The minimum atomic E-state index is -4.19. The number of H-pyrrole nitrogens is 1. The number of nitrogens with zero attached hydrogens (tertiary/aromatic N) is 2. The van der Waals surface area contributed by atoms with Gasteiger partial charge in [-0.2, -0.15) is 0 Å². The lowest BCUT2D eigenvalue weighted by atomic mass is 9.96. The molecule has 0 aliphatic heterocycles. The smallest absolute Gasteiger partial charge is 0.384 e. The van der Waals surface area contributed by atoms with Crippen molar-refractivity contribution in [2.45, 2.75) is 26.5 Å². The molecule has 0 amide bonds. The third-order valence-corrected chi connectivity index (χ3v) is 7.49. The molecule has 0 atom stereocenters. The molecule has 11 heteroatoms. The molecule has 0 aliphatic rings. The number of fused-ring (bicyclic) bond motifs is 6. The number of carboxylic acid groups (broad SMARTS) is 1. The number of hydrogen-bond acceptors (Lipinski definition) is 6. The van der Waals surface area contributed by atoms with Crippen LogP contribution >= 0.6 is 18.2 Å². The van der Waals surface area contributed by atoms with Crippen molar-refractivity contribution in [2.75, 3.05) is 0 Å². The Morgan fingerprint density at radius 1 is 1.21 bits per heavy atom. The first-order valence-electron chi connectivity index (χ1n) is 9.96. The van der Waals surface area contributed by atoms with Gasteiger partial charge in [0.15, 0.2) is 18.0 Å². The van der Waals surface area contributed by atoms with E-state index in [9.17, 15) is 4.57 Å². The van der Waals surface area contributed by atoms with Crippen LogP contribution in [0.15, 0.2) is 35.0 Å². The molecule has 0 unspecified atom stereocenters. The lowest BCUT2D eigenvalue weighted by Crippen LogP contribution is -2.26. The van der Waals surface area contributed by atoms with E-state index in [1.54, 1.807) is 0 Å². The number of aliphatic carboxylic acids is 1. The number of aryl methyl sites for hydroxylation is 3. The standard InChI is InChI=1S/C20H18N3O4PS.C2H4O2/c1-10-13-8-23(3)7-6-12(13)11(2)19-17(10)18-14(21-19)4-5-15-20(18)22-16(27-15)9-29-28(24,25)26;1-2(3)4/h4-8H,9H2,1-3H3,(H2,24,25,26);1H3,(H,3,4). The highest BCUT2D eigenvalue weighted by Gasteiger charge is 2.21. The normalized spacial score (nSPS) is 11.9. The summed E-state index contributed by atoms with van der Waals surface area (Å²) in [7, 11) is 2.01. The van der Waals surface area contributed by atoms with Crippen LogP contribution < -0.4 is 9.67 Å². The summed E-state index contributed by atoms with van der Waals surface area (Å²) in [6.07, 6.45) is 4.17. The first-order chi connectivity index (χ1) is 15.5. The van der Waals surface area contributed by atoms with Crippen LogP contribution in [0.25, 0.3) is 43.7 Å². The Hall–Kier alpha value is -2.91. The number of carbonyl (C=O) groups excluding carboxylic acids is 1. The van der Waals surface area contributed by atoms with Gasteiger partial charge >= 0.3 is 6.80 Å². The second kappa shape index (κ2) is 8.46. The van der Waals surface area contributed by atoms with Crippen LogP contribution in [0, 0.1) is 13.8 Å². The van der Waals surface area contributed by atoms with E-state index < -0.39 is 12.8 Å². The molecule has 0 saturated carbocycles. The maximum atomic E-state index is 11.2. The Morgan fingerprint density at radius 2 is 1.91 bits per heavy atom. The van der Waals surface area contributed by atoms with E-state index in [1.165, 1.54) is 16.3 Å². The van der Waals surface area contributed by atoms with E-state index in [2.05, 4.69) is 36.1 Å². The zero-order chi connectivity index (χ0) is 24.1. The van der Waals surface area contributed by atoms with E-state index in [-0.39, 0.29) is 5.75 Å². The molecule has 33 heavy (non-hydrogen) atoms. The molecule has 0 saturated heterocycles. The van der Waals surface area contributed by atoms with Crippen LogP contribution in [0.2, 0.25) is 0 Å². The molecule has 5 aromatic rings. The fourth-order valence-corrected chi connectivity index (χ4v) is 5.31. The van der Waals surface area contributed by atoms with E-state index in [0.717, 1.165) is 34.3 Å². The highest BCUT2D eigenvalue weighted by Crippen LogP contribution is 2.51. The van der Waals surface area contributed by atoms with Crippen molar-refractivity contribution < 1.29 is 33.2 Å². The highest BCUT2D eigenvalue weighted by molar-refractivity contribution is 8.54. The van der Waals surface area contributed by atoms with E-state index in [4.69, 9.17) is 24.1 Å². The van der Waals surface area contributed by atoms with Gasteiger partial charge in [-0.3, -0.25) is 0 Å². The molecule has 0 spiro atoms. The summed E-state index contributed by atoms with van der Waals surface area (Å²) < 4.78 is 19.0. The van der Waals surface area contributed by atoms with Crippen molar-refractivity contribution in [1.82, 2.24) is 9.97 Å². The quantitative estimate of drug-likeness (QED) is 0.260. The van der Waals surface area contributed by atoms with Gasteiger partial charge in [0.2, 0.25) is 5.89 Å². The molecule has 3 aromatic heterocycles. The van der Waals surface area contributed by atoms with E-state index in [1.807, 2.05) is 29.9 Å². The van der Waals surface area contributed by atoms with Crippen molar-refractivity contribution in [2.24, 2.45) is 7.05 Å². The molecular formula is C22H22N3O6PS. The maximum Gasteiger partial charge on any atom is 0.384 e. The van der Waals surface area contributed by atoms with Crippen molar-refractivity contribution >= 4 is 67.8 Å². The number of carbonyl (C=O) groups is 1. The molecule has 0 aliphatic carbocycles. The molecule has 5 rings (SSSR count). The van der Waals surface area contributed by atoms with Crippen molar-refractivity contribution in [3.05, 3.63) is 47.6 Å². The van der Waals surface area contributed by atoms with Gasteiger partial charge in [-0.25, -0.2) is 14.1 Å². The van der Waals surface area contributed by atoms with E-state index >= 15 is 0 Å². The van der Waals surface area contributed by atoms with E-state index in [0.29, 0.717) is 28.4 Å². The largest absolute Gasteiger partial charge is 0.550 e. The number of rotatable bonds is 3. The number of benzene rings is 2. The molecule has 0 radical (unpaired) electrons. The summed E-state index contributed by atoms with van der Waals surface area (Å²) in [4.78, 5) is 35.2. The first-order valence-corrected chi connectivity index (χ1v) is 13.2. The minimum Gasteiger partial charge on any atom is -0.550 e. The third kappa shape index (κ3) is 4.47. The minimum absolute atomic E-state index is 0.0135. The van der Waals surface area contributed by atoms with Crippen LogP contribution in [-0.2, 0) is 22.2 Å². The number of aromatic amines is 1. The van der Waals surface area contributed by atoms with Gasteiger partial charge in [0.05, 0.1) is 11.3 Å². The van der Waals surface area contributed by atoms with Gasteiger partial charge < -0.3 is 29.1 Å². The zero-order valence-electron chi connectivity index (χ0n) is 18.4. The second-order valence-electron chi connectivity index (χ2n) is 7.76. The molecule has 3 heterocycles. The Morgan fingerprint density at radius 3 is 2.58 bits per heavy atom. The molecule has 2 aromatic carbocycles. The topological polar surface area (TPSA) is 143 Å². The number of hydrogen-bond donors (Lipinski definition) is 3. The molecule has 0 bridgehead atoms. The van der Waals surface area contributed by atoms with Crippen molar-refractivity contribution in [3.8, 4) is 0 Å². The fourth-order valence-electron chi connectivity index (χ4n) is 4.07. The number of oxazole rings is 1. The van der Waals surface area contributed by atoms with Crippen LogP contribution in [0.1, 0.15) is 23.9 Å². The maximum absolute atomic E-state index is 11.2. The number of aromatic nitrogens is 3. The monoisotopic (exact) mass is 487 g/mol. The van der Waals surface area contributed by atoms with Gasteiger partial charge in [0.25, 0.3) is 0 Å². The Labute approximate surface area is 192 Å². The Kier molecular flexibility index (Phi) is 5.96. The van der Waals surface area contributed by atoms with Crippen molar-refractivity contribution in [1.29, 1.82) is 0 Å². The summed E-state index contributed by atoms with van der Waals surface area (Å²) >= 11 is 0.522. The number of carboxylic acids is 1. The lowest BCUT2D eigenvalue weighted by molar-refractivity contribution is -0.670. The molecule has 9 nitrogen and oxygen atoms in total. The molecule has 3 N–H and O–H groups in total. The molecule has 172 valence electrons. The van der Waals surface area contributed by atoms with Gasteiger partial charge in [-0.05, 0) is 60.8 Å². The number of pyridine rings is 1. The van der Waals surface area contributed by atoms with Gasteiger partial charge in [-0.1, -0.05) is 0 Å². The summed E-state index contributed by atoms with van der Waals surface area (Å²) in [5.74, 6) is -0.767. The summed E-state index contributed by atoms with van der Waals surface area (Å²) in [5, 5.41) is 13.3. The van der Waals surface area contributed by atoms with Gasteiger partial charge in [0, 0.05) is 33.7 Å². The van der Waals surface area contributed by atoms with Crippen LogP contribution in [0.4, 0.5) is 0 Å². The Balaban J connectivity index is 0.000000601. The fraction of sp³-hybridized carbons (Fsp3) is 0.227. The average molecular weight is 487 g/mol. The molecule has 0 fully saturated rings. The van der Waals surface area contributed by atoms with Gasteiger partial charge in [0.1, 0.15) is 12.6 Å². The highest BCUT2D eigenvalue weighted by atomic mass is 32.7. The SMILES string of the molecule is CC(=O)[O-].Cc1c2cc[n+](C)cc2c(C)c2c1[nH]c1ccc3oc(CSP(=O)(O)O)nc3c12. The second-order valence-corrected chi connectivity index (χ2v) is 11.5. The van der Waals surface area contributed by atoms with Crippen LogP contribution in [-0.4, -0.2) is 25.7 Å². The first kappa shape index (κ1) is 23.3. The lowest BCUT2D eigenvalue weighted by Gasteiger charge is -2.07. The van der Waals surface area contributed by atoms with Crippen LogP contribution in [0.3, 0.4) is 0 Å². The molecular weight excluding hydrogens is 465 g/mol. The zero-order valence-corrected chi connectivity index (χ0v) is 20.1. The van der Waals surface area contributed by atoms with Gasteiger partial charge in [-0.15, -0.1) is 0 Å². The predicted molar refractivity (Wildman–Crippen MR) is 126 cm³/mol. The average Bonchev–Trinajstić information content (AvgIpc) is 3.30. The summed E-state index contributed by atoms with van der Waals surface area (Å²) in [6.45, 7) is 1.01. The van der Waals surface area contributed by atoms with Crippen LogP contribution in [0.5, 0.6) is 0 Å². The predicted octanol–water partition coefficient (Wildman–Crippen LogP) is 3.14. The summed E-state index contributed by atoms with van der Waals surface area (Å²) in [5.41, 5.74) is 5.67. The summed E-state index contributed by atoms with van der Waals surface area (Å²) in [6, 6.07) is 5.94. The number of nitrogens with one attached hydrogen (secondary N) is 1. The Bertz CT molecular complexity index is 1600. The van der Waals surface area contributed by atoms with Crippen molar-refractivity contribution in [3.63, 3.8) is 0 Å².